The maximum Gasteiger partial charge on any atom is 0.311 e. The Bertz CT molecular complexity index is 496. The van der Waals surface area contributed by atoms with Crippen LogP contribution in [0.3, 0.4) is 0 Å². The van der Waals surface area contributed by atoms with E-state index < -0.39 is 0 Å². The molecule has 0 aliphatic rings. The third kappa shape index (κ3) is 6.54. The maximum atomic E-state index is 11.4. The van der Waals surface area contributed by atoms with Crippen molar-refractivity contribution in [1.82, 2.24) is 10.3 Å². The van der Waals surface area contributed by atoms with Gasteiger partial charge in [0.1, 0.15) is 0 Å². The van der Waals surface area contributed by atoms with Crippen molar-refractivity contribution in [3.8, 4) is 6.07 Å². The third-order valence-corrected chi connectivity index (χ3v) is 4.12. The van der Waals surface area contributed by atoms with Gasteiger partial charge in [0.2, 0.25) is 5.91 Å². The minimum Gasteiger partial charge on any atom is -0.466 e. The van der Waals surface area contributed by atoms with Crippen LogP contribution in [0.5, 0.6) is 0 Å². The zero-order valence-corrected chi connectivity index (χ0v) is 12.7. The lowest BCUT2D eigenvalue weighted by molar-refractivity contribution is -0.142. The smallest absolute Gasteiger partial charge is 0.311 e. The molecule has 0 aliphatic heterocycles. The average molecular weight is 313 g/mol. The highest BCUT2D eigenvalue weighted by atomic mass is 32.2. The number of hydrogen-bond donors (Lipinski definition) is 1. The van der Waals surface area contributed by atoms with E-state index in [1.807, 2.05) is 6.07 Å². The number of carbonyl (C=O) groups is 2. The van der Waals surface area contributed by atoms with E-state index in [9.17, 15) is 9.59 Å². The van der Waals surface area contributed by atoms with Crippen LogP contribution in [0.1, 0.15) is 19.0 Å². The van der Waals surface area contributed by atoms with Crippen LogP contribution in [0.25, 0.3) is 0 Å². The van der Waals surface area contributed by atoms with Crippen LogP contribution in [-0.4, -0.2) is 35.8 Å². The first-order valence-corrected chi connectivity index (χ1v) is 7.88. The van der Waals surface area contributed by atoms with E-state index >= 15 is 0 Å². The molecule has 1 rings (SSSR count). The van der Waals surface area contributed by atoms with Crippen molar-refractivity contribution < 1.29 is 14.3 Å². The number of rotatable bonds is 8. The molecule has 6 nitrogen and oxygen atoms in total. The fourth-order valence-corrected chi connectivity index (χ4v) is 2.91. The molecule has 0 bridgehead atoms. The molecule has 1 heterocycles. The number of thiazole rings is 1. The first-order chi connectivity index (χ1) is 9.65. The summed E-state index contributed by atoms with van der Waals surface area (Å²) in [5, 5.41) is 12.8. The predicted octanol–water partition coefficient (Wildman–Crippen LogP) is 1.37. The predicted molar refractivity (Wildman–Crippen MR) is 76.4 cm³/mol. The summed E-state index contributed by atoms with van der Waals surface area (Å²) >= 11 is 2.70. The zero-order chi connectivity index (χ0) is 14.8. The van der Waals surface area contributed by atoms with Gasteiger partial charge in [-0.3, -0.25) is 9.59 Å². The van der Waals surface area contributed by atoms with Gasteiger partial charge in [0.25, 0.3) is 0 Å². The number of ether oxygens (including phenoxy) is 1. The topological polar surface area (TPSA) is 92.1 Å². The summed E-state index contributed by atoms with van der Waals surface area (Å²) in [6, 6.07) is 1.95. The van der Waals surface area contributed by atoms with Gasteiger partial charge in [0.15, 0.2) is 4.34 Å². The molecule has 1 aromatic heterocycles. The molecule has 0 saturated carbocycles. The number of aromatic nitrogens is 1. The molecular weight excluding hydrogens is 298 g/mol. The summed E-state index contributed by atoms with van der Waals surface area (Å²) in [4.78, 5) is 27.0. The van der Waals surface area contributed by atoms with Gasteiger partial charge in [0, 0.05) is 11.9 Å². The number of nitrogens with one attached hydrogen (secondary N) is 1. The number of hydrogen-bond acceptors (Lipinski definition) is 7. The first-order valence-electron chi connectivity index (χ1n) is 6.02. The van der Waals surface area contributed by atoms with Crippen molar-refractivity contribution in [1.29, 1.82) is 5.26 Å². The second-order valence-corrected chi connectivity index (χ2v) is 5.71. The Kier molecular flexibility index (Phi) is 7.69. The number of nitriles is 1. The molecule has 8 heteroatoms. The Morgan fingerprint density at radius 3 is 3.10 bits per heavy atom. The lowest BCUT2D eigenvalue weighted by Crippen LogP contribution is -2.25. The molecule has 20 heavy (non-hydrogen) atoms. The Balaban J connectivity index is 2.31. The van der Waals surface area contributed by atoms with Crippen molar-refractivity contribution in [2.24, 2.45) is 0 Å². The summed E-state index contributed by atoms with van der Waals surface area (Å²) in [5.41, 5.74) is 0.654. The molecule has 0 radical (unpaired) electrons. The summed E-state index contributed by atoms with van der Waals surface area (Å²) in [7, 11) is 0. The first kappa shape index (κ1) is 16.5. The molecule has 1 N–H and O–H groups in total. The fourth-order valence-electron chi connectivity index (χ4n) is 1.23. The van der Waals surface area contributed by atoms with Crippen LogP contribution >= 0.6 is 23.1 Å². The van der Waals surface area contributed by atoms with E-state index in [0.717, 1.165) is 4.34 Å². The highest BCUT2D eigenvalue weighted by Gasteiger charge is 2.10. The van der Waals surface area contributed by atoms with Gasteiger partial charge >= 0.3 is 5.97 Å². The minimum atomic E-state index is -0.302. The fraction of sp³-hybridized carbons (Fsp3) is 0.500. The van der Waals surface area contributed by atoms with Gasteiger partial charge < -0.3 is 10.1 Å². The lowest BCUT2D eigenvalue weighted by Gasteiger charge is -2.00. The van der Waals surface area contributed by atoms with E-state index in [1.54, 1.807) is 12.3 Å². The van der Waals surface area contributed by atoms with Crippen LogP contribution in [0.15, 0.2) is 9.72 Å². The lowest BCUT2D eigenvalue weighted by atomic mass is 10.3. The van der Waals surface area contributed by atoms with Crippen molar-refractivity contribution in [3.05, 3.63) is 11.1 Å². The Hall–Kier alpha value is -1.59. The highest BCUT2D eigenvalue weighted by Crippen LogP contribution is 2.22. The van der Waals surface area contributed by atoms with Crippen LogP contribution in [0, 0.1) is 11.3 Å². The highest BCUT2D eigenvalue weighted by molar-refractivity contribution is 8.01. The molecule has 0 fully saturated rings. The Morgan fingerprint density at radius 1 is 1.60 bits per heavy atom. The Morgan fingerprint density at radius 2 is 2.40 bits per heavy atom. The second-order valence-electron chi connectivity index (χ2n) is 3.63. The van der Waals surface area contributed by atoms with Crippen LogP contribution in [-0.2, 0) is 20.7 Å². The zero-order valence-electron chi connectivity index (χ0n) is 11.0. The molecule has 0 unspecified atom stereocenters. The number of nitrogens with zero attached hydrogens (tertiary/aromatic N) is 2. The number of esters is 1. The second kappa shape index (κ2) is 9.34. The van der Waals surface area contributed by atoms with Gasteiger partial charge in [-0.15, -0.1) is 11.3 Å². The molecule has 0 saturated heterocycles. The van der Waals surface area contributed by atoms with E-state index in [-0.39, 0.29) is 24.1 Å². The average Bonchev–Trinajstić information content (AvgIpc) is 2.84. The van der Waals surface area contributed by atoms with Crippen LogP contribution in [0.2, 0.25) is 0 Å². The van der Waals surface area contributed by atoms with Crippen molar-refractivity contribution in [2.75, 3.05) is 18.9 Å². The summed E-state index contributed by atoms with van der Waals surface area (Å²) < 4.78 is 5.57. The van der Waals surface area contributed by atoms with Gasteiger partial charge in [-0.05, 0) is 6.92 Å². The summed E-state index contributed by atoms with van der Waals surface area (Å²) in [6.07, 6.45) is 0.455. The quantitative estimate of drug-likeness (QED) is 0.443. The van der Waals surface area contributed by atoms with Gasteiger partial charge in [-0.1, -0.05) is 11.8 Å². The maximum absolute atomic E-state index is 11.4. The van der Waals surface area contributed by atoms with Gasteiger partial charge in [0.05, 0.1) is 37.0 Å². The van der Waals surface area contributed by atoms with E-state index in [4.69, 9.17) is 10.00 Å². The van der Waals surface area contributed by atoms with Gasteiger partial charge in [-0.2, -0.15) is 5.26 Å². The Labute approximate surface area is 125 Å². The van der Waals surface area contributed by atoms with Crippen molar-refractivity contribution >= 4 is 35.0 Å². The molecule has 0 atom stereocenters. The van der Waals surface area contributed by atoms with Crippen molar-refractivity contribution in [3.63, 3.8) is 0 Å². The number of thioether (sulfide) groups is 1. The molecule has 1 amide bonds. The SMILES string of the molecule is CCOC(=O)Cc1csc(SCC(=O)NCCC#N)n1. The molecule has 0 spiro atoms. The van der Waals surface area contributed by atoms with Crippen molar-refractivity contribution in [2.45, 2.75) is 24.1 Å². The normalized spacial score (nSPS) is 9.80. The summed E-state index contributed by atoms with van der Waals surface area (Å²) in [6.45, 7) is 2.47. The molecule has 1 aromatic rings. The molecule has 0 aromatic carbocycles. The number of amides is 1. The molecular formula is C12H15N3O3S2. The largest absolute Gasteiger partial charge is 0.466 e. The van der Waals surface area contributed by atoms with E-state index in [0.29, 0.717) is 25.3 Å². The van der Waals surface area contributed by atoms with Gasteiger partial charge in [-0.25, -0.2) is 4.98 Å². The van der Waals surface area contributed by atoms with Crippen LogP contribution in [0.4, 0.5) is 0 Å². The minimum absolute atomic E-state index is 0.132. The standard InChI is InChI=1S/C12H15N3O3S2/c1-2-18-11(17)6-9-7-19-12(15-9)20-8-10(16)14-5-3-4-13/h7H,2-3,5-6,8H2,1H3,(H,14,16). The van der Waals surface area contributed by atoms with E-state index in [2.05, 4.69) is 10.3 Å². The van der Waals surface area contributed by atoms with E-state index in [1.165, 1.54) is 23.1 Å². The van der Waals surface area contributed by atoms with Crippen LogP contribution < -0.4 is 5.32 Å². The molecule has 0 aliphatic carbocycles. The monoisotopic (exact) mass is 313 g/mol. The third-order valence-electron chi connectivity index (χ3n) is 2.05. The molecule has 108 valence electrons. The number of carbonyl (C=O) groups excluding carboxylic acids is 2. The summed E-state index contributed by atoms with van der Waals surface area (Å²) in [5.74, 6) is -0.186.